The summed E-state index contributed by atoms with van der Waals surface area (Å²) in [5.74, 6) is 1.08. The maximum atomic E-state index is 11.2. The molecule has 1 unspecified atom stereocenters. The molecule has 0 aliphatic carbocycles. The van der Waals surface area contributed by atoms with Crippen molar-refractivity contribution in [2.75, 3.05) is 0 Å². The summed E-state index contributed by atoms with van der Waals surface area (Å²) >= 11 is 0. The monoisotopic (exact) mass is 312 g/mol. The van der Waals surface area contributed by atoms with Crippen LogP contribution in [0, 0.1) is 0 Å². The largest absolute Gasteiger partial charge is 0.426 e. The van der Waals surface area contributed by atoms with Crippen LogP contribution in [0.3, 0.4) is 0 Å². The quantitative estimate of drug-likeness (QED) is 0.717. The van der Waals surface area contributed by atoms with Crippen LogP contribution < -0.4 is 4.52 Å². The Morgan fingerprint density at radius 1 is 1.14 bits per heavy atom. The molecule has 0 spiro atoms. The minimum Gasteiger partial charge on any atom is -0.426 e. The van der Waals surface area contributed by atoms with E-state index in [9.17, 15) is 9.46 Å². The van der Waals surface area contributed by atoms with Crippen LogP contribution in [0.2, 0.25) is 0 Å². The second-order valence-electron chi connectivity index (χ2n) is 6.90. The minimum absolute atomic E-state index is 0.0796. The van der Waals surface area contributed by atoms with Gasteiger partial charge in [-0.15, -0.1) is 0 Å². The predicted octanol–water partition coefficient (Wildman–Crippen LogP) is 5.38. The molecule has 0 aliphatic rings. The number of hydrogen-bond acceptors (Lipinski definition) is 2. The van der Waals surface area contributed by atoms with E-state index in [1.807, 2.05) is 0 Å². The van der Waals surface area contributed by atoms with Gasteiger partial charge in [-0.1, -0.05) is 60.6 Å². The maximum absolute atomic E-state index is 11.2. The highest BCUT2D eigenvalue weighted by Gasteiger charge is 2.24. The Labute approximate surface area is 129 Å². The summed E-state index contributed by atoms with van der Waals surface area (Å²) < 4.78 is 16.5. The smallest absolute Gasteiger partial charge is 0.365 e. The molecule has 0 heterocycles. The Bertz CT molecular complexity index is 490. The first-order valence-electron chi connectivity index (χ1n) is 7.69. The summed E-state index contributed by atoms with van der Waals surface area (Å²) in [5, 5.41) is 0. The van der Waals surface area contributed by atoms with E-state index in [1.165, 1.54) is 5.56 Å². The van der Waals surface area contributed by atoms with Crippen molar-refractivity contribution in [3.8, 4) is 5.75 Å². The summed E-state index contributed by atoms with van der Waals surface area (Å²) in [6.07, 6.45) is 1.04. The van der Waals surface area contributed by atoms with Crippen LogP contribution in [-0.4, -0.2) is 4.89 Å². The molecule has 1 aromatic rings. The average Bonchev–Trinajstić information content (AvgIpc) is 2.37. The molecular formula is C17H29O3P. The molecular weight excluding hydrogens is 283 g/mol. The molecule has 0 bridgehead atoms. The molecule has 120 valence electrons. The average molecular weight is 312 g/mol. The summed E-state index contributed by atoms with van der Waals surface area (Å²) in [6, 6.07) is 4.28. The normalized spacial score (nSPS) is 13.8. The molecule has 4 heteroatoms. The van der Waals surface area contributed by atoms with Crippen LogP contribution in [0.5, 0.6) is 5.75 Å². The molecule has 0 saturated carbocycles. The van der Waals surface area contributed by atoms with E-state index < -0.39 is 8.25 Å². The van der Waals surface area contributed by atoms with Gasteiger partial charge in [-0.05, 0) is 40.4 Å². The van der Waals surface area contributed by atoms with Crippen molar-refractivity contribution < 1.29 is 14.0 Å². The summed E-state index contributed by atoms with van der Waals surface area (Å²) in [6.45, 7) is 15.0. The lowest BCUT2D eigenvalue weighted by atomic mass is 9.78. The summed E-state index contributed by atoms with van der Waals surface area (Å²) in [5.41, 5.74) is 3.38. The molecule has 1 aromatic carbocycles. The fraction of sp³-hybridized carbons (Fsp3) is 0.647. The molecule has 1 atom stereocenters. The van der Waals surface area contributed by atoms with E-state index in [-0.39, 0.29) is 17.3 Å². The van der Waals surface area contributed by atoms with E-state index in [0.29, 0.717) is 5.75 Å². The number of benzene rings is 1. The lowest BCUT2D eigenvalue weighted by Crippen LogP contribution is -2.17. The highest BCUT2D eigenvalue weighted by Crippen LogP contribution is 2.42. The zero-order chi connectivity index (χ0) is 16.4. The first kappa shape index (κ1) is 18.3. The highest BCUT2D eigenvalue weighted by molar-refractivity contribution is 7.32. The molecule has 1 rings (SSSR count). The van der Waals surface area contributed by atoms with Gasteiger partial charge in [-0.2, -0.15) is 0 Å². The fourth-order valence-corrected chi connectivity index (χ4v) is 2.74. The van der Waals surface area contributed by atoms with Gasteiger partial charge in [0.15, 0.2) is 0 Å². The van der Waals surface area contributed by atoms with Gasteiger partial charge in [-0.3, -0.25) is 0 Å². The van der Waals surface area contributed by atoms with Crippen LogP contribution >= 0.6 is 8.25 Å². The molecule has 0 aromatic heterocycles. The van der Waals surface area contributed by atoms with Crippen molar-refractivity contribution in [2.45, 2.75) is 72.1 Å². The molecule has 1 N–H and O–H groups in total. The zero-order valence-corrected chi connectivity index (χ0v) is 15.3. The van der Waals surface area contributed by atoms with Crippen molar-refractivity contribution in [1.82, 2.24) is 0 Å². The molecule has 0 aliphatic heterocycles. The highest BCUT2D eigenvalue weighted by atomic mass is 31.1. The topological polar surface area (TPSA) is 46.5 Å². The third-order valence-electron chi connectivity index (χ3n) is 4.25. The van der Waals surface area contributed by atoms with Crippen LogP contribution in [0.1, 0.15) is 83.4 Å². The molecule has 3 nitrogen and oxygen atoms in total. The van der Waals surface area contributed by atoms with E-state index in [4.69, 9.17) is 4.52 Å². The molecule has 0 radical (unpaired) electrons. The molecule has 0 amide bonds. The SMILES string of the molecule is CCC(C)(C)c1cc(C(C)C)c(O[PH](=O)O)c(C(C)C)c1. The van der Waals surface area contributed by atoms with Gasteiger partial charge in [0.2, 0.25) is 0 Å². The van der Waals surface area contributed by atoms with Gasteiger partial charge >= 0.3 is 8.25 Å². The Morgan fingerprint density at radius 2 is 1.57 bits per heavy atom. The van der Waals surface area contributed by atoms with Crippen molar-refractivity contribution >= 4 is 8.25 Å². The lowest BCUT2D eigenvalue weighted by Gasteiger charge is -2.28. The van der Waals surface area contributed by atoms with Gasteiger partial charge in [0.05, 0.1) is 0 Å². The van der Waals surface area contributed by atoms with Gasteiger partial charge in [0, 0.05) is 0 Å². The van der Waals surface area contributed by atoms with Gasteiger partial charge in [-0.25, -0.2) is 4.57 Å². The van der Waals surface area contributed by atoms with Crippen LogP contribution in [-0.2, 0) is 9.98 Å². The van der Waals surface area contributed by atoms with Crippen molar-refractivity contribution in [3.63, 3.8) is 0 Å². The second-order valence-corrected chi connectivity index (χ2v) is 7.63. The van der Waals surface area contributed by atoms with Crippen LogP contribution in [0.15, 0.2) is 12.1 Å². The fourth-order valence-electron chi connectivity index (χ4n) is 2.33. The van der Waals surface area contributed by atoms with Crippen LogP contribution in [0.4, 0.5) is 0 Å². The van der Waals surface area contributed by atoms with Gasteiger partial charge in [0.25, 0.3) is 0 Å². The van der Waals surface area contributed by atoms with Crippen molar-refractivity contribution in [3.05, 3.63) is 28.8 Å². The lowest BCUT2D eigenvalue weighted by molar-refractivity contribution is 0.404. The first-order valence-corrected chi connectivity index (χ1v) is 8.95. The maximum Gasteiger partial charge on any atom is 0.365 e. The van der Waals surface area contributed by atoms with Gasteiger partial charge in [0.1, 0.15) is 5.75 Å². The van der Waals surface area contributed by atoms with E-state index >= 15 is 0 Å². The molecule has 0 saturated heterocycles. The van der Waals surface area contributed by atoms with E-state index in [1.54, 1.807) is 0 Å². The third kappa shape index (κ3) is 4.34. The first-order chi connectivity index (χ1) is 9.60. The molecule has 0 fully saturated rings. The minimum atomic E-state index is -3.00. The van der Waals surface area contributed by atoms with Gasteiger partial charge < -0.3 is 9.42 Å². The zero-order valence-electron chi connectivity index (χ0n) is 14.3. The number of hydrogen-bond donors (Lipinski definition) is 1. The van der Waals surface area contributed by atoms with Crippen molar-refractivity contribution in [1.29, 1.82) is 0 Å². The number of rotatable bonds is 6. The Hall–Kier alpha value is -0.790. The summed E-state index contributed by atoms with van der Waals surface area (Å²) in [4.78, 5) is 9.22. The Morgan fingerprint density at radius 3 is 1.86 bits per heavy atom. The standard InChI is InChI=1S/C17H29O3P/c1-8-17(6,7)13-9-14(11(2)3)16(20-21(18)19)15(10-13)12(4)5/h9-12,21H,8H2,1-7H3,(H,18,19). The molecule has 21 heavy (non-hydrogen) atoms. The van der Waals surface area contributed by atoms with E-state index in [2.05, 4.69) is 60.6 Å². The Kier molecular flexibility index (Phi) is 6.07. The van der Waals surface area contributed by atoms with E-state index in [0.717, 1.165) is 17.5 Å². The predicted molar refractivity (Wildman–Crippen MR) is 89.8 cm³/mol. The summed E-state index contributed by atoms with van der Waals surface area (Å²) in [7, 11) is -3.00. The van der Waals surface area contributed by atoms with Crippen molar-refractivity contribution in [2.24, 2.45) is 0 Å². The second kappa shape index (κ2) is 6.98. The van der Waals surface area contributed by atoms with Crippen LogP contribution in [0.25, 0.3) is 0 Å². The third-order valence-corrected chi connectivity index (χ3v) is 4.62. The Balaban J connectivity index is 3.60.